The minimum absolute atomic E-state index is 0.0808. The first-order valence-corrected chi connectivity index (χ1v) is 2.07. The number of nitrogens with one attached hydrogen (secondary N) is 1. The lowest BCUT2D eigenvalue weighted by atomic mass is 10.6. The van der Waals surface area contributed by atoms with Crippen molar-refractivity contribution in [2.24, 2.45) is 0 Å². The number of carbonyl (C=O) groups is 1. The fourth-order valence-corrected chi connectivity index (χ4v) is 0.211. The van der Waals surface area contributed by atoms with Crippen molar-refractivity contribution in [3.05, 3.63) is 18.5 Å². The summed E-state index contributed by atoms with van der Waals surface area (Å²) in [5, 5.41) is 10.4. The summed E-state index contributed by atoms with van der Waals surface area (Å²) in [6.45, 7) is 3.14. The minimum Gasteiger partial charge on any atom is -0.480 e. The maximum atomic E-state index is 9.74. The van der Waals surface area contributed by atoms with Gasteiger partial charge in [-0.2, -0.15) is 0 Å². The van der Waals surface area contributed by atoms with Crippen LogP contribution in [0.3, 0.4) is 0 Å². The van der Waals surface area contributed by atoms with Gasteiger partial charge in [0.1, 0.15) is 6.54 Å². The molecule has 0 saturated heterocycles. The third-order valence-electron chi connectivity index (χ3n) is 0.457. The topological polar surface area (TPSA) is 49.3 Å². The molecule has 0 aliphatic carbocycles. The zero-order valence-electron chi connectivity index (χ0n) is 4.35. The van der Waals surface area contributed by atoms with Crippen LogP contribution in [0.15, 0.2) is 18.5 Å². The van der Waals surface area contributed by atoms with Gasteiger partial charge in [-0.25, -0.2) is 0 Å². The normalized spacial score (nSPS) is 7.00. The predicted molar refractivity (Wildman–Crippen MR) is 29.3 cm³/mol. The first-order valence-electron chi connectivity index (χ1n) is 2.07. The van der Waals surface area contributed by atoms with Crippen LogP contribution >= 0.6 is 0 Å². The maximum Gasteiger partial charge on any atom is 0.322 e. The first-order chi connectivity index (χ1) is 3.77. The quantitative estimate of drug-likeness (QED) is 0.505. The molecular weight excluding hydrogens is 106 g/mol. The molecule has 0 atom stereocenters. The van der Waals surface area contributed by atoms with Crippen LogP contribution in [0.5, 0.6) is 0 Å². The fourth-order valence-electron chi connectivity index (χ4n) is 0.211. The third kappa shape index (κ3) is 4.79. The molecule has 0 saturated carbocycles. The van der Waals surface area contributed by atoms with E-state index in [0.29, 0.717) is 0 Å². The Morgan fingerprint density at radius 3 is 3.00 bits per heavy atom. The molecule has 0 fully saturated rings. The standard InChI is InChI=1S/C5H7NO2/c1-2-3-6-4-5(7)8/h3,6H,1,4H2,(H,7,8). The maximum absolute atomic E-state index is 9.74. The van der Waals surface area contributed by atoms with Crippen molar-refractivity contribution in [2.75, 3.05) is 6.54 Å². The third-order valence-corrected chi connectivity index (χ3v) is 0.457. The van der Waals surface area contributed by atoms with Gasteiger partial charge in [0.05, 0.1) is 0 Å². The number of aliphatic carboxylic acids is 1. The second kappa shape index (κ2) is 3.96. The molecule has 0 unspecified atom stereocenters. The highest BCUT2D eigenvalue weighted by molar-refractivity contribution is 5.69. The minimum atomic E-state index is -0.892. The summed E-state index contributed by atoms with van der Waals surface area (Å²) in [4.78, 5) is 9.74. The molecule has 0 heterocycles. The SMILES string of the molecule is C=C=CNCC(=O)O. The van der Waals surface area contributed by atoms with Crippen LogP contribution < -0.4 is 5.32 Å². The van der Waals surface area contributed by atoms with Gasteiger partial charge in [-0.05, 0) is 0 Å². The van der Waals surface area contributed by atoms with E-state index in [9.17, 15) is 4.79 Å². The van der Waals surface area contributed by atoms with Crippen molar-refractivity contribution in [2.45, 2.75) is 0 Å². The molecule has 0 radical (unpaired) electrons. The summed E-state index contributed by atoms with van der Waals surface area (Å²) in [7, 11) is 0. The van der Waals surface area contributed by atoms with Gasteiger partial charge in [-0.3, -0.25) is 4.79 Å². The van der Waals surface area contributed by atoms with Gasteiger partial charge in [-0.15, -0.1) is 5.73 Å². The summed E-state index contributed by atoms with van der Waals surface area (Å²) < 4.78 is 0. The summed E-state index contributed by atoms with van der Waals surface area (Å²) in [5.74, 6) is -0.892. The van der Waals surface area contributed by atoms with Gasteiger partial charge >= 0.3 is 5.97 Å². The largest absolute Gasteiger partial charge is 0.480 e. The second-order valence-corrected chi connectivity index (χ2v) is 1.12. The van der Waals surface area contributed by atoms with Gasteiger partial charge in [-0.1, -0.05) is 6.58 Å². The molecule has 0 rings (SSSR count). The number of hydrogen-bond donors (Lipinski definition) is 2. The summed E-state index contributed by atoms with van der Waals surface area (Å²) in [6, 6.07) is 0. The molecule has 0 spiro atoms. The van der Waals surface area contributed by atoms with Crippen LogP contribution in [0, 0.1) is 0 Å². The highest BCUT2D eigenvalue weighted by Gasteiger charge is 1.87. The van der Waals surface area contributed by atoms with E-state index in [1.165, 1.54) is 6.20 Å². The van der Waals surface area contributed by atoms with Gasteiger partial charge in [0, 0.05) is 6.20 Å². The van der Waals surface area contributed by atoms with Crippen molar-refractivity contribution >= 4 is 5.97 Å². The van der Waals surface area contributed by atoms with Crippen LogP contribution in [0.1, 0.15) is 0 Å². The van der Waals surface area contributed by atoms with Crippen molar-refractivity contribution in [1.82, 2.24) is 5.32 Å². The predicted octanol–water partition coefficient (Wildman–Crippen LogP) is -0.0408. The Bertz CT molecular complexity index is 122. The van der Waals surface area contributed by atoms with Gasteiger partial charge in [0.25, 0.3) is 0 Å². The van der Waals surface area contributed by atoms with Gasteiger partial charge in [0.2, 0.25) is 0 Å². The molecular formula is C5H7NO2. The Morgan fingerprint density at radius 1 is 2.00 bits per heavy atom. The van der Waals surface area contributed by atoms with E-state index in [1.54, 1.807) is 0 Å². The van der Waals surface area contributed by atoms with Crippen molar-refractivity contribution in [3.8, 4) is 0 Å². The van der Waals surface area contributed by atoms with Crippen LogP contribution in [0.25, 0.3) is 0 Å². The lowest BCUT2D eigenvalue weighted by Gasteiger charge is -1.88. The Morgan fingerprint density at radius 2 is 2.62 bits per heavy atom. The molecule has 0 aromatic rings. The summed E-state index contributed by atoms with van der Waals surface area (Å²) in [6.07, 6.45) is 1.36. The summed E-state index contributed by atoms with van der Waals surface area (Å²) in [5.41, 5.74) is 2.37. The summed E-state index contributed by atoms with van der Waals surface area (Å²) >= 11 is 0. The van der Waals surface area contributed by atoms with E-state index < -0.39 is 5.97 Å². The second-order valence-electron chi connectivity index (χ2n) is 1.12. The van der Waals surface area contributed by atoms with Crippen LogP contribution in [0.4, 0.5) is 0 Å². The lowest BCUT2D eigenvalue weighted by Crippen LogP contribution is -2.16. The molecule has 8 heavy (non-hydrogen) atoms. The molecule has 3 nitrogen and oxygen atoms in total. The van der Waals surface area contributed by atoms with E-state index >= 15 is 0 Å². The Kier molecular flexibility index (Phi) is 3.36. The number of hydrogen-bond acceptors (Lipinski definition) is 2. The molecule has 0 aliphatic heterocycles. The molecule has 3 heteroatoms. The average molecular weight is 113 g/mol. The van der Waals surface area contributed by atoms with E-state index in [2.05, 4.69) is 17.6 Å². The smallest absolute Gasteiger partial charge is 0.322 e. The molecule has 44 valence electrons. The molecule has 0 amide bonds. The van der Waals surface area contributed by atoms with Crippen LogP contribution in [0.2, 0.25) is 0 Å². The Hall–Kier alpha value is -1.21. The first kappa shape index (κ1) is 6.79. The highest BCUT2D eigenvalue weighted by Crippen LogP contribution is 1.58. The van der Waals surface area contributed by atoms with Gasteiger partial charge in [0.15, 0.2) is 0 Å². The van der Waals surface area contributed by atoms with Crippen molar-refractivity contribution in [3.63, 3.8) is 0 Å². The van der Waals surface area contributed by atoms with Crippen molar-refractivity contribution < 1.29 is 9.90 Å². The van der Waals surface area contributed by atoms with E-state index in [0.717, 1.165) is 0 Å². The van der Waals surface area contributed by atoms with E-state index in [1.807, 2.05) is 0 Å². The Balaban J connectivity index is 3.18. The van der Waals surface area contributed by atoms with Crippen LogP contribution in [-0.2, 0) is 4.79 Å². The number of rotatable bonds is 3. The van der Waals surface area contributed by atoms with Crippen molar-refractivity contribution in [1.29, 1.82) is 0 Å². The highest BCUT2D eigenvalue weighted by atomic mass is 16.4. The monoisotopic (exact) mass is 113 g/mol. The van der Waals surface area contributed by atoms with Crippen LogP contribution in [-0.4, -0.2) is 17.6 Å². The molecule has 0 aromatic heterocycles. The zero-order valence-corrected chi connectivity index (χ0v) is 4.35. The van der Waals surface area contributed by atoms with Gasteiger partial charge < -0.3 is 10.4 Å². The molecule has 0 bridgehead atoms. The molecule has 0 aliphatic rings. The molecule has 2 N–H and O–H groups in total. The molecule has 0 aromatic carbocycles. The fraction of sp³-hybridized carbons (Fsp3) is 0.200. The lowest BCUT2D eigenvalue weighted by molar-refractivity contribution is -0.135. The number of carboxylic acids is 1. The average Bonchev–Trinajstić information content (AvgIpc) is 1.66. The van der Waals surface area contributed by atoms with E-state index in [4.69, 9.17) is 5.11 Å². The zero-order chi connectivity index (χ0) is 6.41. The Labute approximate surface area is 47.3 Å². The number of carboxylic acid groups (broad SMARTS) is 1. The van der Waals surface area contributed by atoms with E-state index in [-0.39, 0.29) is 6.54 Å².